The number of nitrogen functional groups attached to an aromatic ring is 1. The molecule has 0 saturated carbocycles. The molecular formula is C12H12FN3O. The van der Waals surface area contributed by atoms with Gasteiger partial charge in [0, 0.05) is 17.3 Å². The Hall–Kier alpha value is -2.17. The SMILES string of the molecule is Cc1cnn(Cc2ccc(N)cc2F)c(=O)c1. The molecule has 0 bridgehead atoms. The molecule has 0 fully saturated rings. The Balaban J connectivity index is 2.35. The molecular weight excluding hydrogens is 221 g/mol. The fourth-order valence-corrected chi connectivity index (χ4v) is 1.50. The summed E-state index contributed by atoms with van der Waals surface area (Å²) in [7, 11) is 0. The Morgan fingerprint density at radius 1 is 1.41 bits per heavy atom. The van der Waals surface area contributed by atoms with E-state index in [0.29, 0.717) is 11.3 Å². The van der Waals surface area contributed by atoms with E-state index >= 15 is 0 Å². The van der Waals surface area contributed by atoms with Gasteiger partial charge in [0.25, 0.3) is 5.56 Å². The Bertz CT molecular complexity index is 607. The first-order chi connectivity index (χ1) is 8.06. The van der Waals surface area contributed by atoms with Crippen molar-refractivity contribution in [3.8, 4) is 0 Å². The predicted molar refractivity (Wildman–Crippen MR) is 63.1 cm³/mol. The van der Waals surface area contributed by atoms with Crippen LogP contribution in [0.15, 0.2) is 35.3 Å². The molecule has 0 radical (unpaired) electrons. The average molecular weight is 233 g/mol. The third-order valence-corrected chi connectivity index (χ3v) is 2.40. The summed E-state index contributed by atoms with van der Waals surface area (Å²) < 4.78 is 14.7. The van der Waals surface area contributed by atoms with E-state index in [-0.39, 0.29) is 12.1 Å². The van der Waals surface area contributed by atoms with Crippen molar-refractivity contribution in [3.05, 3.63) is 57.8 Å². The highest BCUT2D eigenvalue weighted by atomic mass is 19.1. The van der Waals surface area contributed by atoms with E-state index < -0.39 is 5.82 Å². The number of hydrogen-bond acceptors (Lipinski definition) is 3. The van der Waals surface area contributed by atoms with Gasteiger partial charge in [0.1, 0.15) is 5.82 Å². The largest absolute Gasteiger partial charge is 0.399 e. The van der Waals surface area contributed by atoms with Crippen molar-refractivity contribution in [2.75, 3.05) is 5.73 Å². The molecule has 1 aromatic heterocycles. The lowest BCUT2D eigenvalue weighted by atomic mass is 10.2. The maximum absolute atomic E-state index is 13.5. The molecule has 5 heteroatoms. The van der Waals surface area contributed by atoms with Gasteiger partial charge in [0.2, 0.25) is 0 Å². The molecule has 1 heterocycles. The number of halogens is 1. The van der Waals surface area contributed by atoms with Crippen molar-refractivity contribution >= 4 is 5.69 Å². The van der Waals surface area contributed by atoms with Crippen LogP contribution in [0.2, 0.25) is 0 Å². The minimum Gasteiger partial charge on any atom is -0.399 e. The van der Waals surface area contributed by atoms with Gasteiger partial charge in [-0.05, 0) is 24.6 Å². The van der Waals surface area contributed by atoms with E-state index in [1.165, 1.54) is 16.8 Å². The van der Waals surface area contributed by atoms with Crippen LogP contribution in [-0.2, 0) is 6.54 Å². The summed E-state index contributed by atoms with van der Waals surface area (Å²) in [6.07, 6.45) is 1.57. The summed E-state index contributed by atoms with van der Waals surface area (Å²) in [5.41, 5.74) is 6.72. The fraction of sp³-hybridized carbons (Fsp3) is 0.167. The van der Waals surface area contributed by atoms with Gasteiger partial charge in [0.05, 0.1) is 12.7 Å². The number of hydrogen-bond donors (Lipinski definition) is 1. The molecule has 0 aliphatic carbocycles. The van der Waals surface area contributed by atoms with E-state index in [1.807, 2.05) is 0 Å². The Kier molecular flexibility index (Phi) is 2.91. The second-order valence-corrected chi connectivity index (χ2v) is 3.88. The van der Waals surface area contributed by atoms with Gasteiger partial charge in [-0.1, -0.05) is 6.07 Å². The number of anilines is 1. The van der Waals surface area contributed by atoms with Crippen molar-refractivity contribution in [2.24, 2.45) is 0 Å². The first-order valence-corrected chi connectivity index (χ1v) is 5.14. The van der Waals surface area contributed by atoms with Crippen molar-refractivity contribution in [1.29, 1.82) is 0 Å². The maximum atomic E-state index is 13.5. The third kappa shape index (κ3) is 2.50. The number of nitrogens with zero attached hydrogens (tertiary/aromatic N) is 2. The summed E-state index contributed by atoms with van der Waals surface area (Å²) in [5.74, 6) is -0.431. The number of aryl methyl sites for hydroxylation is 1. The highest BCUT2D eigenvalue weighted by Crippen LogP contribution is 2.12. The zero-order chi connectivity index (χ0) is 12.4. The summed E-state index contributed by atoms with van der Waals surface area (Å²) in [6.45, 7) is 1.88. The topological polar surface area (TPSA) is 60.9 Å². The molecule has 2 aromatic rings. The number of benzene rings is 1. The summed E-state index contributed by atoms with van der Waals surface area (Å²) in [4.78, 5) is 11.6. The summed E-state index contributed by atoms with van der Waals surface area (Å²) >= 11 is 0. The van der Waals surface area contributed by atoms with Crippen molar-refractivity contribution in [3.63, 3.8) is 0 Å². The molecule has 0 spiro atoms. The Morgan fingerprint density at radius 2 is 2.18 bits per heavy atom. The lowest BCUT2D eigenvalue weighted by molar-refractivity contribution is 0.572. The van der Waals surface area contributed by atoms with E-state index in [0.717, 1.165) is 5.56 Å². The normalized spacial score (nSPS) is 10.5. The van der Waals surface area contributed by atoms with Gasteiger partial charge in [0.15, 0.2) is 0 Å². The molecule has 2 rings (SSSR count). The monoisotopic (exact) mass is 233 g/mol. The lowest BCUT2D eigenvalue weighted by Gasteiger charge is -2.06. The van der Waals surface area contributed by atoms with Crippen LogP contribution in [0.4, 0.5) is 10.1 Å². The van der Waals surface area contributed by atoms with Crippen molar-refractivity contribution < 1.29 is 4.39 Å². The molecule has 0 amide bonds. The highest BCUT2D eigenvalue weighted by Gasteiger charge is 2.05. The van der Waals surface area contributed by atoms with Crippen LogP contribution in [-0.4, -0.2) is 9.78 Å². The molecule has 88 valence electrons. The lowest BCUT2D eigenvalue weighted by Crippen LogP contribution is -2.23. The maximum Gasteiger partial charge on any atom is 0.267 e. The molecule has 0 saturated heterocycles. The van der Waals surface area contributed by atoms with Crippen LogP contribution < -0.4 is 11.3 Å². The van der Waals surface area contributed by atoms with E-state index in [9.17, 15) is 9.18 Å². The molecule has 1 aromatic carbocycles. The van der Waals surface area contributed by atoms with Gasteiger partial charge in [-0.2, -0.15) is 5.10 Å². The Morgan fingerprint density at radius 3 is 2.82 bits per heavy atom. The number of rotatable bonds is 2. The zero-order valence-electron chi connectivity index (χ0n) is 9.35. The van der Waals surface area contributed by atoms with E-state index in [4.69, 9.17) is 5.73 Å². The zero-order valence-corrected chi connectivity index (χ0v) is 9.35. The molecule has 0 aliphatic rings. The van der Waals surface area contributed by atoms with Crippen LogP contribution in [0, 0.1) is 12.7 Å². The first-order valence-electron chi connectivity index (χ1n) is 5.14. The number of aromatic nitrogens is 2. The van der Waals surface area contributed by atoms with Gasteiger partial charge < -0.3 is 5.73 Å². The molecule has 0 unspecified atom stereocenters. The number of nitrogens with two attached hydrogens (primary N) is 1. The minimum atomic E-state index is -0.431. The molecule has 2 N–H and O–H groups in total. The second-order valence-electron chi connectivity index (χ2n) is 3.88. The van der Waals surface area contributed by atoms with Crippen molar-refractivity contribution in [2.45, 2.75) is 13.5 Å². The molecule has 0 atom stereocenters. The summed E-state index contributed by atoms with van der Waals surface area (Å²) in [6, 6.07) is 5.84. The van der Waals surface area contributed by atoms with E-state index in [2.05, 4.69) is 5.10 Å². The quantitative estimate of drug-likeness (QED) is 0.796. The van der Waals surface area contributed by atoms with Crippen LogP contribution in [0.1, 0.15) is 11.1 Å². The fourth-order valence-electron chi connectivity index (χ4n) is 1.50. The van der Waals surface area contributed by atoms with Gasteiger partial charge in [-0.3, -0.25) is 4.79 Å². The van der Waals surface area contributed by atoms with Gasteiger partial charge in [-0.25, -0.2) is 9.07 Å². The average Bonchev–Trinajstić information content (AvgIpc) is 2.25. The predicted octanol–water partition coefficient (Wildman–Crippen LogP) is 1.32. The molecule has 17 heavy (non-hydrogen) atoms. The summed E-state index contributed by atoms with van der Waals surface area (Å²) in [5, 5.41) is 3.94. The van der Waals surface area contributed by atoms with Crippen LogP contribution in [0.5, 0.6) is 0 Å². The van der Waals surface area contributed by atoms with Gasteiger partial charge >= 0.3 is 0 Å². The van der Waals surface area contributed by atoms with Crippen LogP contribution in [0.3, 0.4) is 0 Å². The Labute approximate surface area is 97.5 Å². The smallest absolute Gasteiger partial charge is 0.267 e. The van der Waals surface area contributed by atoms with Crippen LogP contribution >= 0.6 is 0 Å². The second kappa shape index (κ2) is 4.37. The van der Waals surface area contributed by atoms with E-state index in [1.54, 1.807) is 25.3 Å². The van der Waals surface area contributed by atoms with Gasteiger partial charge in [-0.15, -0.1) is 0 Å². The standard InChI is InChI=1S/C12H12FN3O/c1-8-4-12(17)16(15-6-8)7-9-2-3-10(14)5-11(9)13/h2-6H,7,14H2,1H3. The molecule has 0 aliphatic heterocycles. The van der Waals surface area contributed by atoms with Crippen LogP contribution in [0.25, 0.3) is 0 Å². The highest BCUT2D eigenvalue weighted by molar-refractivity contribution is 5.40. The third-order valence-electron chi connectivity index (χ3n) is 2.40. The van der Waals surface area contributed by atoms with Crippen molar-refractivity contribution in [1.82, 2.24) is 9.78 Å². The minimum absolute atomic E-state index is 0.102. The molecule has 4 nitrogen and oxygen atoms in total. The first kappa shape index (κ1) is 11.3.